The van der Waals surface area contributed by atoms with E-state index in [1.165, 1.54) is 4.68 Å². The van der Waals surface area contributed by atoms with Gasteiger partial charge in [-0.2, -0.15) is 4.68 Å². The molecule has 0 radical (unpaired) electrons. The fourth-order valence-electron chi connectivity index (χ4n) is 2.05. The third-order valence-electron chi connectivity index (χ3n) is 3.15. The molecule has 0 unspecified atom stereocenters. The molecule has 1 aromatic heterocycles. The molecule has 2 aromatic carbocycles. The maximum atomic E-state index is 12.5. The van der Waals surface area contributed by atoms with E-state index in [1.807, 2.05) is 36.4 Å². The van der Waals surface area contributed by atoms with Gasteiger partial charge >= 0.3 is 0 Å². The second kappa shape index (κ2) is 6.53. The van der Waals surface area contributed by atoms with Crippen molar-refractivity contribution in [2.24, 2.45) is 0 Å². The van der Waals surface area contributed by atoms with E-state index in [4.69, 9.17) is 0 Å². The molecule has 7 heteroatoms. The zero-order valence-electron chi connectivity index (χ0n) is 12.1. The lowest BCUT2D eigenvalue weighted by atomic mass is 10.2. The average molecular weight is 326 g/mol. The highest BCUT2D eigenvalue weighted by atomic mass is 32.2. The predicted molar refractivity (Wildman–Crippen MR) is 86.7 cm³/mol. The first-order valence-corrected chi connectivity index (χ1v) is 8.60. The van der Waals surface area contributed by atoms with E-state index in [0.29, 0.717) is 5.69 Å². The van der Waals surface area contributed by atoms with Crippen LogP contribution in [0, 0.1) is 0 Å². The molecule has 23 heavy (non-hydrogen) atoms. The molecular formula is C16H14N4O2S. The van der Waals surface area contributed by atoms with Crippen LogP contribution in [0.4, 0.5) is 0 Å². The minimum Gasteiger partial charge on any atom is -0.220 e. The smallest absolute Gasteiger partial charge is 0.220 e. The third-order valence-corrected chi connectivity index (χ3v) is 4.59. The molecule has 0 aliphatic rings. The van der Waals surface area contributed by atoms with Crippen LogP contribution < -0.4 is 0 Å². The lowest BCUT2D eigenvalue weighted by Gasteiger charge is -2.03. The Balaban J connectivity index is 1.84. The summed E-state index contributed by atoms with van der Waals surface area (Å²) < 4.78 is 26.2. The van der Waals surface area contributed by atoms with Gasteiger partial charge in [-0.1, -0.05) is 65.8 Å². The van der Waals surface area contributed by atoms with Crippen LogP contribution in [0.1, 0.15) is 5.56 Å². The van der Waals surface area contributed by atoms with Crippen LogP contribution in [0.15, 0.2) is 71.9 Å². The number of benzene rings is 2. The van der Waals surface area contributed by atoms with Gasteiger partial charge in [0.15, 0.2) is 0 Å². The summed E-state index contributed by atoms with van der Waals surface area (Å²) in [6, 6.07) is 18.4. The van der Waals surface area contributed by atoms with E-state index < -0.39 is 9.84 Å². The topological polar surface area (TPSA) is 77.7 Å². The molecule has 0 saturated heterocycles. The summed E-state index contributed by atoms with van der Waals surface area (Å²) >= 11 is 0. The summed E-state index contributed by atoms with van der Waals surface area (Å²) in [4.78, 5) is 0. The van der Waals surface area contributed by atoms with Crippen LogP contribution >= 0.6 is 0 Å². The Morgan fingerprint density at radius 3 is 2.30 bits per heavy atom. The lowest BCUT2D eigenvalue weighted by molar-refractivity contribution is 0.583. The van der Waals surface area contributed by atoms with Gasteiger partial charge in [-0.3, -0.25) is 0 Å². The lowest BCUT2D eigenvalue weighted by Crippen LogP contribution is -2.13. The zero-order chi connectivity index (χ0) is 16.1. The van der Waals surface area contributed by atoms with Crippen LogP contribution in [0.25, 0.3) is 11.8 Å². The summed E-state index contributed by atoms with van der Waals surface area (Å²) in [5.41, 5.74) is 1.54. The van der Waals surface area contributed by atoms with Crippen molar-refractivity contribution in [1.29, 1.82) is 0 Å². The van der Waals surface area contributed by atoms with Crippen molar-refractivity contribution in [3.05, 3.63) is 72.3 Å². The Bertz CT molecular complexity index is 904. The molecule has 116 valence electrons. The van der Waals surface area contributed by atoms with Crippen LogP contribution in [0.3, 0.4) is 0 Å². The van der Waals surface area contributed by atoms with Crippen molar-refractivity contribution in [1.82, 2.24) is 20.2 Å². The standard InChI is InChI=1S/C16H14N4O2S/c21-23(22,13-7-10-14-8-3-1-4-9-14)16-17-18-19-20(16)15-11-5-2-6-12-15/h1-12H,13H2/b10-7+. The quantitative estimate of drug-likeness (QED) is 0.718. The largest absolute Gasteiger partial charge is 0.272 e. The summed E-state index contributed by atoms with van der Waals surface area (Å²) in [6.45, 7) is 0. The molecule has 6 nitrogen and oxygen atoms in total. The number of hydrogen-bond donors (Lipinski definition) is 0. The molecule has 0 spiro atoms. The Kier molecular flexibility index (Phi) is 4.29. The van der Waals surface area contributed by atoms with Gasteiger partial charge in [0.1, 0.15) is 0 Å². The fourth-order valence-corrected chi connectivity index (χ4v) is 3.12. The van der Waals surface area contributed by atoms with Gasteiger partial charge in [0.2, 0.25) is 9.84 Å². The molecule has 3 aromatic rings. The molecule has 0 N–H and O–H groups in total. The van der Waals surface area contributed by atoms with Crippen molar-refractivity contribution < 1.29 is 8.42 Å². The highest BCUT2D eigenvalue weighted by Gasteiger charge is 2.22. The van der Waals surface area contributed by atoms with E-state index in [9.17, 15) is 8.42 Å². The fraction of sp³-hybridized carbons (Fsp3) is 0.0625. The maximum Gasteiger partial charge on any atom is 0.272 e. The Hall–Kier alpha value is -2.80. The van der Waals surface area contributed by atoms with E-state index in [2.05, 4.69) is 15.5 Å². The minimum atomic E-state index is -3.63. The SMILES string of the molecule is O=S(=O)(C/C=C/c1ccccc1)c1nnnn1-c1ccccc1. The van der Waals surface area contributed by atoms with E-state index in [0.717, 1.165) is 5.56 Å². The number of para-hydroxylation sites is 1. The number of hydrogen-bond acceptors (Lipinski definition) is 5. The Morgan fingerprint density at radius 2 is 1.61 bits per heavy atom. The number of aromatic nitrogens is 4. The van der Waals surface area contributed by atoms with Crippen LogP contribution in [0.5, 0.6) is 0 Å². The van der Waals surface area contributed by atoms with Gasteiger partial charge in [0.05, 0.1) is 11.4 Å². The predicted octanol–water partition coefficient (Wildman–Crippen LogP) is 2.15. The van der Waals surface area contributed by atoms with Gasteiger partial charge in [-0.05, 0) is 28.1 Å². The van der Waals surface area contributed by atoms with Crippen molar-refractivity contribution in [3.8, 4) is 5.69 Å². The number of tetrazole rings is 1. The van der Waals surface area contributed by atoms with Crippen molar-refractivity contribution in [2.45, 2.75) is 5.16 Å². The average Bonchev–Trinajstić information content (AvgIpc) is 3.07. The van der Waals surface area contributed by atoms with Gasteiger partial charge in [-0.15, -0.1) is 0 Å². The molecule has 0 saturated carbocycles. The second-order valence-corrected chi connectivity index (χ2v) is 6.73. The molecule has 0 fully saturated rings. The summed E-state index contributed by atoms with van der Waals surface area (Å²) in [6.07, 6.45) is 3.35. The van der Waals surface area contributed by atoms with Gasteiger partial charge in [0.25, 0.3) is 5.16 Å². The molecule has 0 atom stereocenters. The Morgan fingerprint density at radius 1 is 0.957 bits per heavy atom. The molecule has 0 amide bonds. The zero-order valence-corrected chi connectivity index (χ0v) is 13.0. The van der Waals surface area contributed by atoms with Crippen molar-refractivity contribution in [2.75, 3.05) is 5.75 Å². The van der Waals surface area contributed by atoms with Gasteiger partial charge < -0.3 is 0 Å². The van der Waals surface area contributed by atoms with E-state index in [-0.39, 0.29) is 10.9 Å². The van der Waals surface area contributed by atoms with Crippen molar-refractivity contribution in [3.63, 3.8) is 0 Å². The minimum absolute atomic E-state index is 0.165. The highest BCUT2D eigenvalue weighted by Crippen LogP contribution is 2.13. The molecule has 0 bridgehead atoms. The molecule has 1 heterocycles. The van der Waals surface area contributed by atoms with Crippen LogP contribution in [-0.2, 0) is 9.84 Å². The highest BCUT2D eigenvalue weighted by molar-refractivity contribution is 7.91. The first kappa shape index (κ1) is 15.1. The van der Waals surface area contributed by atoms with Crippen LogP contribution in [0.2, 0.25) is 0 Å². The molecule has 0 aliphatic carbocycles. The molecule has 0 aliphatic heterocycles. The summed E-state index contributed by atoms with van der Waals surface area (Å²) in [7, 11) is -3.63. The number of sulfone groups is 1. The number of rotatable bonds is 5. The first-order chi connectivity index (χ1) is 11.2. The van der Waals surface area contributed by atoms with E-state index >= 15 is 0 Å². The summed E-state index contributed by atoms with van der Waals surface area (Å²) in [5, 5.41) is 10.8. The van der Waals surface area contributed by atoms with E-state index in [1.54, 1.807) is 36.4 Å². The normalized spacial score (nSPS) is 11.8. The Labute approximate surface area is 134 Å². The first-order valence-electron chi connectivity index (χ1n) is 6.95. The third kappa shape index (κ3) is 3.51. The second-order valence-electron chi connectivity index (χ2n) is 4.80. The summed E-state index contributed by atoms with van der Waals surface area (Å²) in [5.74, 6) is -0.172. The van der Waals surface area contributed by atoms with Crippen molar-refractivity contribution >= 4 is 15.9 Å². The monoisotopic (exact) mass is 326 g/mol. The maximum absolute atomic E-state index is 12.5. The van der Waals surface area contributed by atoms with Crippen LogP contribution in [-0.4, -0.2) is 34.4 Å². The molecule has 3 rings (SSSR count). The molecular weight excluding hydrogens is 312 g/mol. The van der Waals surface area contributed by atoms with Gasteiger partial charge in [-0.25, -0.2) is 8.42 Å². The van der Waals surface area contributed by atoms with Gasteiger partial charge in [0, 0.05) is 0 Å². The number of nitrogens with zero attached hydrogens (tertiary/aromatic N) is 4.